The molecule has 1 atom stereocenters. The molecular formula is C13H18ClNO2. The van der Waals surface area contributed by atoms with Gasteiger partial charge in [-0.05, 0) is 25.5 Å². The van der Waals surface area contributed by atoms with Crippen LogP contribution in [0.15, 0.2) is 24.3 Å². The number of nitrogens with one attached hydrogen (secondary N) is 1. The molecule has 1 unspecified atom stereocenters. The Morgan fingerprint density at radius 3 is 2.53 bits per heavy atom. The van der Waals surface area contributed by atoms with E-state index >= 15 is 0 Å². The third-order valence-electron chi connectivity index (χ3n) is 2.70. The van der Waals surface area contributed by atoms with Gasteiger partial charge in [0.1, 0.15) is 5.54 Å². The molecule has 0 saturated carbocycles. The first kappa shape index (κ1) is 14.0. The van der Waals surface area contributed by atoms with Gasteiger partial charge < -0.3 is 5.11 Å². The van der Waals surface area contributed by atoms with Gasteiger partial charge in [-0.2, -0.15) is 0 Å². The molecule has 4 heteroatoms. The van der Waals surface area contributed by atoms with Crippen molar-refractivity contribution in [1.82, 2.24) is 5.32 Å². The lowest BCUT2D eigenvalue weighted by atomic mass is 9.91. The van der Waals surface area contributed by atoms with Crippen LogP contribution in [0.4, 0.5) is 0 Å². The molecule has 17 heavy (non-hydrogen) atoms. The standard InChI is InChI=1S/C13H18ClNO2/c1-9(2)8-15-13(3,12(16)17)10-6-4-5-7-11(10)14/h4-7,9,15H,8H2,1-3H3,(H,16,17). The fourth-order valence-electron chi connectivity index (χ4n) is 1.56. The zero-order chi connectivity index (χ0) is 13.1. The molecule has 1 aromatic rings. The third-order valence-corrected chi connectivity index (χ3v) is 3.03. The number of hydrogen-bond donors (Lipinski definition) is 2. The molecule has 3 nitrogen and oxygen atoms in total. The Bertz CT molecular complexity index is 406. The second-order valence-corrected chi connectivity index (χ2v) is 5.09. The average molecular weight is 256 g/mol. The highest BCUT2D eigenvalue weighted by Crippen LogP contribution is 2.28. The molecule has 94 valence electrons. The van der Waals surface area contributed by atoms with Gasteiger partial charge in [0.05, 0.1) is 0 Å². The van der Waals surface area contributed by atoms with Crippen molar-refractivity contribution < 1.29 is 9.90 Å². The smallest absolute Gasteiger partial charge is 0.328 e. The molecule has 0 radical (unpaired) electrons. The Balaban J connectivity index is 3.08. The lowest BCUT2D eigenvalue weighted by Crippen LogP contribution is -2.48. The summed E-state index contributed by atoms with van der Waals surface area (Å²) in [6.07, 6.45) is 0. The maximum atomic E-state index is 11.5. The first-order valence-corrected chi connectivity index (χ1v) is 5.99. The number of carboxylic acids is 1. The largest absolute Gasteiger partial charge is 0.480 e. The number of hydrogen-bond acceptors (Lipinski definition) is 2. The summed E-state index contributed by atoms with van der Waals surface area (Å²) in [4.78, 5) is 11.5. The molecule has 0 fully saturated rings. The normalized spacial score (nSPS) is 14.6. The monoisotopic (exact) mass is 255 g/mol. The van der Waals surface area contributed by atoms with Crippen LogP contribution in [-0.4, -0.2) is 17.6 Å². The van der Waals surface area contributed by atoms with E-state index in [9.17, 15) is 9.90 Å². The van der Waals surface area contributed by atoms with Crippen molar-refractivity contribution in [2.75, 3.05) is 6.54 Å². The molecule has 0 aromatic heterocycles. The topological polar surface area (TPSA) is 49.3 Å². The third kappa shape index (κ3) is 3.20. The minimum Gasteiger partial charge on any atom is -0.480 e. The Kier molecular flexibility index (Phi) is 4.54. The summed E-state index contributed by atoms with van der Waals surface area (Å²) in [7, 11) is 0. The van der Waals surface area contributed by atoms with Crippen molar-refractivity contribution in [2.24, 2.45) is 5.92 Å². The van der Waals surface area contributed by atoms with Gasteiger partial charge in [-0.1, -0.05) is 43.6 Å². The summed E-state index contributed by atoms with van der Waals surface area (Å²) in [5.74, 6) is -0.553. The van der Waals surface area contributed by atoms with E-state index in [1.54, 1.807) is 31.2 Å². The number of aliphatic carboxylic acids is 1. The van der Waals surface area contributed by atoms with Crippen molar-refractivity contribution in [1.29, 1.82) is 0 Å². The SMILES string of the molecule is CC(C)CNC(C)(C(=O)O)c1ccccc1Cl. The van der Waals surface area contributed by atoms with Crippen molar-refractivity contribution in [3.8, 4) is 0 Å². The molecule has 0 bridgehead atoms. The van der Waals surface area contributed by atoms with Crippen LogP contribution < -0.4 is 5.32 Å². The number of halogens is 1. The zero-order valence-electron chi connectivity index (χ0n) is 10.3. The summed E-state index contributed by atoms with van der Waals surface area (Å²) < 4.78 is 0. The molecule has 1 rings (SSSR count). The van der Waals surface area contributed by atoms with Gasteiger partial charge in [0.2, 0.25) is 0 Å². The lowest BCUT2D eigenvalue weighted by molar-refractivity contribution is -0.144. The van der Waals surface area contributed by atoms with Crippen molar-refractivity contribution in [2.45, 2.75) is 26.3 Å². The van der Waals surface area contributed by atoms with Gasteiger partial charge in [-0.15, -0.1) is 0 Å². The van der Waals surface area contributed by atoms with Gasteiger partial charge in [-0.25, -0.2) is 4.79 Å². The van der Waals surface area contributed by atoms with E-state index in [2.05, 4.69) is 5.32 Å². The second kappa shape index (κ2) is 5.52. The van der Waals surface area contributed by atoms with E-state index in [4.69, 9.17) is 11.6 Å². The predicted octanol–water partition coefficient (Wildman–Crippen LogP) is 2.89. The molecule has 0 heterocycles. The molecule has 0 spiro atoms. The van der Waals surface area contributed by atoms with Gasteiger partial charge in [0, 0.05) is 10.6 Å². The highest BCUT2D eigenvalue weighted by atomic mass is 35.5. The van der Waals surface area contributed by atoms with E-state index in [1.165, 1.54) is 0 Å². The predicted molar refractivity (Wildman–Crippen MR) is 69.3 cm³/mol. The van der Waals surface area contributed by atoms with Crippen LogP contribution in [0.25, 0.3) is 0 Å². The molecule has 0 saturated heterocycles. The molecular weight excluding hydrogens is 238 g/mol. The minimum atomic E-state index is -1.15. The number of benzene rings is 1. The van der Waals surface area contributed by atoms with Crippen LogP contribution in [0, 0.1) is 5.92 Å². The highest BCUT2D eigenvalue weighted by Gasteiger charge is 2.36. The summed E-state index contributed by atoms with van der Waals surface area (Å²) >= 11 is 6.06. The summed E-state index contributed by atoms with van der Waals surface area (Å²) in [6, 6.07) is 7.02. The molecule has 2 N–H and O–H groups in total. The zero-order valence-corrected chi connectivity index (χ0v) is 11.1. The van der Waals surface area contributed by atoms with Crippen LogP contribution in [0.1, 0.15) is 26.3 Å². The Labute approximate surface area is 107 Å². The van der Waals surface area contributed by atoms with Gasteiger partial charge >= 0.3 is 5.97 Å². The Hall–Kier alpha value is -1.06. The molecule has 0 amide bonds. The number of carbonyl (C=O) groups is 1. The quantitative estimate of drug-likeness (QED) is 0.851. The van der Waals surface area contributed by atoms with Crippen molar-refractivity contribution >= 4 is 17.6 Å². The Morgan fingerprint density at radius 2 is 2.06 bits per heavy atom. The molecule has 0 aliphatic heterocycles. The first-order chi connectivity index (χ1) is 7.88. The Morgan fingerprint density at radius 1 is 1.47 bits per heavy atom. The minimum absolute atomic E-state index is 0.371. The van der Waals surface area contributed by atoms with Gasteiger partial charge in [0.25, 0.3) is 0 Å². The average Bonchev–Trinajstić information content (AvgIpc) is 2.26. The number of carboxylic acid groups (broad SMARTS) is 1. The summed E-state index contributed by atoms with van der Waals surface area (Å²) in [6.45, 7) is 6.32. The van der Waals surface area contributed by atoms with Crippen LogP contribution in [-0.2, 0) is 10.3 Å². The lowest BCUT2D eigenvalue weighted by Gasteiger charge is -2.28. The van der Waals surface area contributed by atoms with Crippen molar-refractivity contribution in [3.63, 3.8) is 0 Å². The fourth-order valence-corrected chi connectivity index (χ4v) is 1.89. The summed E-state index contributed by atoms with van der Waals surface area (Å²) in [5, 5.41) is 12.9. The molecule has 1 aromatic carbocycles. The fraction of sp³-hybridized carbons (Fsp3) is 0.462. The van der Waals surface area contributed by atoms with E-state index in [-0.39, 0.29) is 0 Å². The van der Waals surface area contributed by atoms with Crippen LogP contribution in [0.5, 0.6) is 0 Å². The molecule has 0 aliphatic carbocycles. The summed E-state index contributed by atoms with van der Waals surface area (Å²) in [5.41, 5.74) is -0.558. The maximum absolute atomic E-state index is 11.5. The molecule has 0 aliphatic rings. The maximum Gasteiger partial charge on any atom is 0.328 e. The van der Waals surface area contributed by atoms with Crippen molar-refractivity contribution in [3.05, 3.63) is 34.9 Å². The van der Waals surface area contributed by atoms with E-state index in [1.807, 2.05) is 13.8 Å². The van der Waals surface area contributed by atoms with E-state index in [0.717, 1.165) is 0 Å². The van der Waals surface area contributed by atoms with E-state index < -0.39 is 11.5 Å². The highest BCUT2D eigenvalue weighted by molar-refractivity contribution is 6.31. The van der Waals surface area contributed by atoms with Crippen LogP contribution >= 0.6 is 11.6 Å². The first-order valence-electron chi connectivity index (χ1n) is 5.61. The second-order valence-electron chi connectivity index (χ2n) is 4.68. The van der Waals surface area contributed by atoms with Crippen LogP contribution in [0.2, 0.25) is 5.02 Å². The number of rotatable bonds is 5. The van der Waals surface area contributed by atoms with Gasteiger partial charge in [-0.3, -0.25) is 5.32 Å². The van der Waals surface area contributed by atoms with Crippen LogP contribution in [0.3, 0.4) is 0 Å². The van der Waals surface area contributed by atoms with E-state index in [0.29, 0.717) is 23.0 Å². The van der Waals surface area contributed by atoms with Gasteiger partial charge in [0.15, 0.2) is 0 Å².